The maximum atomic E-state index is 12.4. The Bertz CT molecular complexity index is 589. The van der Waals surface area contributed by atoms with Crippen molar-refractivity contribution in [1.82, 2.24) is 5.32 Å². The number of benzene rings is 1. The Hall–Kier alpha value is -1.88. The first kappa shape index (κ1) is 14.1. The SMILES string of the molecule is Cc1ccc(NC(=O)C2(C(=O)NC3CC3)CC2)cc1CO. The molecule has 5 nitrogen and oxygen atoms in total. The normalized spacial score (nSPS) is 19.0. The molecule has 3 rings (SSSR count). The predicted molar refractivity (Wildman–Crippen MR) is 78.6 cm³/mol. The van der Waals surface area contributed by atoms with Crippen molar-refractivity contribution in [2.75, 3.05) is 5.32 Å². The Morgan fingerprint density at radius 3 is 2.57 bits per heavy atom. The van der Waals surface area contributed by atoms with Gasteiger partial charge in [-0.05, 0) is 55.9 Å². The van der Waals surface area contributed by atoms with E-state index in [4.69, 9.17) is 0 Å². The molecule has 2 aliphatic carbocycles. The molecule has 0 heterocycles. The zero-order chi connectivity index (χ0) is 15.0. The fourth-order valence-corrected chi connectivity index (χ4v) is 2.40. The van der Waals surface area contributed by atoms with Crippen molar-refractivity contribution < 1.29 is 14.7 Å². The number of anilines is 1. The number of hydrogen-bond acceptors (Lipinski definition) is 3. The topological polar surface area (TPSA) is 78.4 Å². The van der Waals surface area contributed by atoms with Gasteiger partial charge in [0, 0.05) is 11.7 Å². The van der Waals surface area contributed by atoms with Crippen LogP contribution in [0.3, 0.4) is 0 Å². The van der Waals surface area contributed by atoms with Crippen molar-refractivity contribution in [3.05, 3.63) is 29.3 Å². The first-order valence-electron chi connectivity index (χ1n) is 7.38. The van der Waals surface area contributed by atoms with Crippen LogP contribution < -0.4 is 10.6 Å². The van der Waals surface area contributed by atoms with E-state index in [9.17, 15) is 14.7 Å². The Labute approximate surface area is 123 Å². The van der Waals surface area contributed by atoms with Gasteiger partial charge in [0.25, 0.3) is 0 Å². The zero-order valence-electron chi connectivity index (χ0n) is 12.1. The third-order valence-corrected chi connectivity index (χ3v) is 4.31. The molecule has 0 saturated heterocycles. The number of rotatable bonds is 5. The number of aliphatic hydroxyl groups excluding tert-OH is 1. The Kier molecular flexibility index (Phi) is 3.45. The summed E-state index contributed by atoms with van der Waals surface area (Å²) in [6.45, 7) is 1.84. The van der Waals surface area contributed by atoms with E-state index >= 15 is 0 Å². The number of aryl methyl sites for hydroxylation is 1. The van der Waals surface area contributed by atoms with Crippen LogP contribution in [-0.2, 0) is 16.2 Å². The second-order valence-electron chi connectivity index (χ2n) is 6.08. The van der Waals surface area contributed by atoms with Crippen molar-refractivity contribution in [3.8, 4) is 0 Å². The Morgan fingerprint density at radius 1 is 1.29 bits per heavy atom. The highest BCUT2D eigenvalue weighted by atomic mass is 16.3. The molecular weight excluding hydrogens is 268 g/mol. The molecule has 1 aromatic rings. The quantitative estimate of drug-likeness (QED) is 0.718. The largest absolute Gasteiger partial charge is 0.392 e. The molecule has 21 heavy (non-hydrogen) atoms. The molecule has 2 amide bonds. The lowest BCUT2D eigenvalue weighted by atomic mass is 10.0. The van der Waals surface area contributed by atoms with E-state index in [1.165, 1.54) is 0 Å². The standard InChI is InChI=1S/C16H20N2O3/c1-10-2-3-13(8-11(10)9-19)18-15(21)16(6-7-16)14(20)17-12-4-5-12/h2-3,8,12,19H,4-7,9H2,1H3,(H,17,20)(H,18,21). The van der Waals surface area contributed by atoms with E-state index in [-0.39, 0.29) is 24.5 Å². The van der Waals surface area contributed by atoms with Crippen molar-refractivity contribution in [3.63, 3.8) is 0 Å². The molecule has 0 aliphatic heterocycles. The highest BCUT2D eigenvalue weighted by molar-refractivity contribution is 6.13. The number of aliphatic hydroxyl groups is 1. The average molecular weight is 288 g/mol. The molecule has 0 bridgehead atoms. The summed E-state index contributed by atoms with van der Waals surface area (Å²) >= 11 is 0. The highest BCUT2D eigenvalue weighted by Crippen LogP contribution is 2.47. The first-order chi connectivity index (χ1) is 10.0. The maximum Gasteiger partial charge on any atom is 0.240 e. The molecule has 1 aromatic carbocycles. The second kappa shape index (κ2) is 5.15. The van der Waals surface area contributed by atoms with Gasteiger partial charge in [-0.2, -0.15) is 0 Å². The average Bonchev–Trinajstić information content (AvgIpc) is 3.34. The van der Waals surface area contributed by atoms with E-state index in [0.717, 1.165) is 24.0 Å². The van der Waals surface area contributed by atoms with Crippen LogP contribution in [0.25, 0.3) is 0 Å². The minimum atomic E-state index is -0.882. The summed E-state index contributed by atoms with van der Waals surface area (Å²) in [6.07, 6.45) is 3.24. The van der Waals surface area contributed by atoms with E-state index < -0.39 is 5.41 Å². The summed E-state index contributed by atoms with van der Waals surface area (Å²) in [5.74, 6) is -0.384. The van der Waals surface area contributed by atoms with Gasteiger partial charge in [0.1, 0.15) is 5.41 Å². The Balaban J connectivity index is 1.69. The van der Waals surface area contributed by atoms with Gasteiger partial charge in [0.15, 0.2) is 0 Å². The molecule has 112 valence electrons. The molecule has 0 atom stereocenters. The fourth-order valence-electron chi connectivity index (χ4n) is 2.40. The summed E-state index contributed by atoms with van der Waals surface area (Å²) in [7, 11) is 0. The van der Waals surface area contributed by atoms with Crippen molar-refractivity contribution >= 4 is 17.5 Å². The number of carbonyl (C=O) groups excluding carboxylic acids is 2. The van der Waals surface area contributed by atoms with Crippen LogP contribution in [0.15, 0.2) is 18.2 Å². The van der Waals surface area contributed by atoms with Crippen LogP contribution in [-0.4, -0.2) is 23.0 Å². The van der Waals surface area contributed by atoms with Gasteiger partial charge < -0.3 is 15.7 Å². The molecule has 3 N–H and O–H groups in total. The van der Waals surface area contributed by atoms with Crippen LogP contribution in [0.4, 0.5) is 5.69 Å². The van der Waals surface area contributed by atoms with Crippen LogP contribution in [0.2, 0.25) is 0 Å². The van der Waals surface area contributed by atoms with Crippen molar-refractivity contribution in [2.45, 2.75) is 45.3 Å². The summed E-state index contributed by atoms with van der Waals surface area (Å²) in [4.78, 5) is 24.6. The maximum absolute atomic E-state index is 12.4. The third kappa shape index (κ3) is 2.78. The van der Waals surface area contributed by atoms with E-state index in [1.807, 2.05) is 13.0 Å². The highest BCUT2D eigenvalue weighted by Gasteiger charge is 2.57. The van der Waals surface area contributed by atoms with Crippen molar-refractivity contribution in [2.24, 2.45) is 5.41 Å². The lowest BCUT2D eigenvalue weighted by molar-refractivity contribution is -0.134. The van der Waals surface area contributed by atoms with Gasteiger partial charge in [-0.15, -0.1) is 0 Å². The van der Waals surface area contributed by atoms with Crippen molar-refractivity contribution in [1.29, 1.82) is 0 Å². The van der Waals surface area contributed by atoms with E-state index in [0.29, 0.717) is 18.5 Å². The molecule has 2 aliphatic rings. The number of hydrogen-bond donors (Lipinski definition) is 3. The molecule has 2 saturated carbocycles. The van der Waals surface area contributed by atoms with Gasteiger partial charge in [-0.1, -0.05) is 6.07 Å². The molecule has 0 unspecified atom stereocenters. The molecule has 0 radical (unpaired) electrons. The zero-order valence-corrected chi connectivity index (χ0v) is 12.1. The fraction of sp³-hybridized carbons (Fsp3) is 0.500. The van der Waals surface area contributed by atoms with E-state index in [2.05, 4.69) is 10.6 Å². The molecule has 0 aromatic heterocycles. The number of nitrogens with one attached hydrogen (secondary N) is 2. The van der Waals surface area contributed by atoms with E-state index in [1.54, 1.807) is 12.1 Å². The van der Waals surface area contributed by atoms with Crippen LogP contribution in [0.1, 0.15) is 36.8 Å². The second-order valence-corrected chi connectivity index (χ2v) is 6.08. The lowest BCUT2D eigenvalue weighted by Crippen LogP contribution is -2.40. The predicted octanol–water partition coefficient (Wildman–Crippen LogP) is 1.48. The van der Waals surface area contributed by atoms with Crippen LogP contribution in [0.5, 0.6) is 0 Å². The smallest absolute Gasteiger partial charge is 0.240 e. The third-order valence-electron chi connectivity index (χ3n) is 4.31. The summed E-state index contributed by atoms with van der Waals surface area (Å²) in [5, 5.41) is 15.0. The monoisotopic (exact) mass is 288 g/mol. The van der Waals surface area contributed by atoms with Gasteiger partial charge in [0.2, 0.25) is 11.8 Å². The summed E-state index contributed by atoms with van der Waals surface area (Å²) < 4.78 is 0. The molecule has 0 spiro atoms. The van der Waals surface area contributed by atoms with Gasteiger partial charge in [0.05, 0.1) is 6.61 Å². The summed E-state index contributed by atoms with van der Waals surface area (Å²) in [5.41, 5.74) is 1.50. The van der Waals surface area contributed by atoms with Gasteiger partial charge >= 0.3 is 0 Å². The Morgan fingerprint density at radius 2 is 2.00 bits per heavy atom. The van der Waals surface area contributed by atoms with Crippen LogP contribution >= 0.6 is 0 Å². The molecular formula is C16H20N2O3. The minimum absolute atomic E-state index is 0.0666. The number of carbonyl (C=O) groups is 2. The first-order valence-corrected chi connectivity index (χ1v) is 7.38. The minimum Gasteiger partial charge on any atom is -0.392 e. The molecule has 5 heteroatoms. The van der Waals surface area contributed by atoms with Gasteiger partial charge in [-0.3, -0.25) is 9.59 Å². The summed E-state index contributed by atoms with van der Waals surface area (Å²) in [6, 6.07) is 5.66. The molecule has 2 fully saturated rings. The van der Waals surface area contributed by atoms with Crippen LogP contribution in [0, 0.1) is 12.3 Å². The van der Waals surface area contributed by atoms with Gasteiger partial charge in [-0.25, -0.2) is 0 Å². The number of amides is 2. The lowest BCUT2D eigenvalue weighted by Gasteiger charge is -2.16.